The minimum absolute atomic E-state index is 0.211. The molecule has 10 heteroatoms. The minimum atomic E-state index is -0.318. The molecule has 4 heterocycles. The van der Waals surface area contributed by atoms with Gasteiger partial charge in [0.15, 0.2) is 17.3 Å². The molecule has 0 saturated heterocycles. The van der Waals surface area contributed by atoms with Gasteiger partial charge in [-0.25, -0.2) is 14.6 Å². The van der Waals surface area contributed by atoms with Crippen LogP contribution in [0.5, 0.6) is 0 Å². The van der Waals surface area contributed by atoms with Crippen LogP contribution in [0.25, 0.3) is 17.1 Å². The Bertz CT molecular complexity index is 1090. The number of carbonyl (C=O) groups excluding carboxylic acids is 1. The number of rotatable bonds is 7. The van der Waals surface area contributed by atoms with E-state index in [1.54, 1.807) is 41.5 Å². The van der Waals surface area contributed by atoms with Crippen LogP contribution in [0.2, 0.25) is 0 Å². The predicted molar refractivity (Wildman–Crippen MR) is 104 cm³/mol. The maximum absolute atomic E-state index is 12.3. The van der Waals surface area contributed by atoms with Gasteiger partial charge >= 0.3 is 0 Å². The quantitative estimate of drug-likeness (QED) is 0.458. The van der Waals surface area contributed by atoms with Gasteiger partial charge in [0.2, 0.25) is 0 Å². The van der Waals surface area contributed by atoms with Crippen molar-refractivity contribution in [2.75, 3.05) is 18.4 Å². The van der Waals surface area contributed by atoms with Crippen molar-refractivity contribution in [3.63, 3.8) is 0 Å². The number of aromatic nitrogens is 6. The summed E-state index contributed by atoms with van der Waals surface area (Å²) in [6.07, 6.45) is 6.80. The molecule has 4 aromatic heterocycles. The first-order valence-electron chi connectivity index (χ1n) is 8.94. The molecule has 0 aliphatic carbocycles. The van der Waals surface area contributed by atoms with Gasteiger partial charge in [0, 0.05) is 55.6 Å². The van der Waals surface area contributed by atoms with E-state index in [-0.39, 0.29) is 11.6 Å². The maximum atomic E-state index is 12.3. The van der Waals surface area contributed by atoms with E-state index in [0.29, 0.717) is 36.3 Å². The van der Waals surface area contributed by atoms with Gasteiger partial charge in [-0.15, -0.1) is 0 Å². The maximum Gasteiger partial charge on any atom is 0.273 e. The molecule has 0 radical (unpaired) electrons. The molecular formula is C19H18N8O2. The lowest BCUT2D eigenvalue weighted by molar-refractivity contribution is 0.0946. The number of hydrogen-bond acceptors (Lipinski definition) is 8. The monoisotopic (exact) mass is 390 g/mol. The summed E-state index contributed by atoms with van der Waals surface area (Å²) in [6, 6.07) is 8.82. The summed E-state index contributed by atoms with van der Waals surface area (Å²) >= 11 is 0. The number of hydrogen-bond donors (Lipinski definition) is 2. The van der Waals surface area contributed by atoms with Crippen molar-refractivity contribution in [2.45, 2.75) is 6.92 Å². The zero-order valence-electron chi connectivity index (χ0n) is 15.6. The average Bonchev–Trinajstić information content (AvgIpc) is 3.44. The van der Waals surface area contributed by atoms with Crippen molar-refractivity contribution in [3.05, 3.63) is 66.6 Å². The number of pyridine rings is 1. The highest BCUT2D eigenvalue weighted by molar-refractivity contribution is 5.93. The van der Waals surface area contributed by atoms with E-state index in [1.807, 2.05) is 25.3 Å². The Morgan fingerprint density at radius 3 is 2.90 bits per heavy atom. The minimum Gasteiger partial charge on any atom is -0.368 e. The second kappa shape index (κ2) is 8.30. The number of nitrogens with one attached hydrogen (secondary N) is 2. The van der Waals surface area contributed by atoms with E-state index in [1.165, 1.54) is 0 Å². The van der Waals surface area contributed by atoms with Gasteiger partial charge in [0.05, 0.1) is 0 Å². The first kappa shape index (κ1) is 18.3. The van der Waals surface area contributed by atoms with Crippen molar-refractivity contribution < 1.29 is 9.32 Å². The molecule has 0 aliphatic rings. The lowest BCUT2D eigenvalue weighted by atomic mass is 10.2. The topological polar surface area (TPSA) is 124 Å². The second-order valence-corrected chi connectivity index (χ2v) is 6.11. The molecule has 0 aromatic carbocycles. The van der Waals surface area contributed by atoms with Gasteiger partial charge in [-0.2, -0.15) is 5.10 Å². The summed E-state index contributed by atoms with van der Waals surface area (Å²) in [5.74, 6) is 2.11. The van der Waals surface area contributed by atoms with E-state index < -0.39 is 0 Å². The zero-order chi connectivity index (χ0) is 20.1. The summed E-state index contributed by atoms with van der Waals surface area (Å²) in [7, 11) is 0. The van der Waals surface area contributed by atoms with Crippen molar-refractivity contribution in [2.24, 2.45) is 0 Å². The van der Waals surface area contributed by atoms with Crippen LogP contribution in [0, 0.1) is 6.92 Å². The van der Waals surface area contributed by atoms with Crippen LogP contribution in [-0.4, -0.2) is 48.9 Å². The smallest absolute Gasteiger partial charge is 0.273 e. The molecule has 0 spiro atoms. The van der Waals surface area contributed by atoms with Crippen LogP contribution in [0.15, 0.2) is 59.6 Å². The van der Waals surface area contributed by atoms with E-state index in [4.69, 9.17) is 4.52 Å². The largest absolute Gasteiger partial charge is 0.368 e. The highest BCUT2D eigenvalue weighted by atomic mass is 16.5. The van der Waals surface area contributed by atoms with Crippen molar-refractivity contribution in [1.29, 1.82) is 0 Å². The molecule has 0 fully saturated rings. The fourth-order valence-corrected chi connectivity index (χ4v) is 2.65. The Morgan fingerprint density at radius 1 is 1.17 bits per heavy atom. The van der Waals surface area contributed by atoms with Gasteiger partial charge in [-0.05, 0) is 25.1 Å². The third-order valence-electron chi connectivity index (χ3n) is 3.97. The molecule has 0 atom stereocenters. The summed E-state index contributed by atoms with van der Waals surface area (Å²) in [5, 5.41) is 13.9. The average molecular weight is 390 g/mol. The number of aryl methyl sites for hydroxylation is 1. The second-order valence-electron chi connectivity index (χ2n) is 6.11. The number of nitrogens with zero attached hydrogens (tertiary/aromatic N) is 6. The molecule has 0 aliphatic heterocycles. The third-order valence-corrected chi connectivity index (χ3v) is 3.97. The van der Waals surface area contributed by atoms with Crippen molar-refractivity contribution in [3.8, 4) is 17.1 Å². The van der Waals surface area contributed by atoms with Crippen LogP contribution in [0.3, 0.4) is 0 Å². The molecule has 0 saturated carbocycles. The first-order chi connectivity index (χ1) is 14.2. The van der Waals surface area contributed by atoms with Crippen LogP contribution in [0.1, 0.15) is 16.3 Å². The Hall–Kier alpha value is -4.08. The summed E-state index contributed by atoms with van der Waals surface area (Å²) in [6.45, 7) is 2.67. The van der Waals surface area contributed by atoms with Gasteiger partial charge in [0.25, 0.3) is 5.91 Å². The molecule has 10 nitrogen and oxygen atoms in total. The van der Waals surface area contributed by atoms with Crippen LogP contribution < -0.4 is 10.6 Å². The SMILES string of the molecule is Cc1nc(NCCNC(=O)c2cc(-c3cccnc3)on2)cc(-n2cccn2)n1. The van der Waals surface area contributed by atoms with Gasteiger partial charge < -0.3 is 15.2 Å². The molecular weight excluding hydrogens is 372 g/mol. The first-order valence-corrected chi connectivity index (χ1v) is 8.94. The summed E-state index contributed by atoms with van der Waals surface area (Å²) in [5.41, 5.74) is 0.968. The summed E-state index contributed by atoms with van der Waals surface area (Å²) in [4.78, 5) is 25.0. The van der Waals surface area contributed by atoms with Gasteiger partial charge in [0.1, 0.15) is 11.6 Å². The Balaban J connectivity index is 1.31. The van der Waals surface area contributed by atoms with E-state index >= 15 is 0 Å². The molecule has 29 heavy (non-hydrogen) atoms. The zero-order valence-corrected chi connectivity index (χ0v) is 15.6. The molecule has 1 amide bonds. The van der Waals surface area contributed by atoms with Crippen molar-refractivity contribution in [1.82, 2.24) is 35.2 Å². The Morgan fingerprint density at radius 2 is 2.10 bits per heavy atom. The number of amides is 1. The lowest BCUT2D eigenvalue weighted by Gasteiger charge is -2.09. The highest BCUT2D eigenvalue weighted by Crippen LogP contribution is 2.18. The molecule has 0 unspecified atom stereocenters. The fraction of sp³-hybridized carbons (Fsp3) is 0.158. The number of anilines is 1. The standard InChI is InChI=1S/C19H18N8O2/c1-13-24-17(11-18(25-13)27-9-3-6-23-27)21-7-8-22-19(28)15-10-16(29-26-15)14-4-2-5-20-12-14/h2-6,9-12H,7-8H2,1H3,(H,22,28)(H,21,24,25). The molecule has 4 rings (SSSR count). The molecule has 0 bridgehead atoms. The van der Waals surface area contributed by atoms with Gasteiger partial charge in [-0.3, -0.25) is 9.78 Å². The highest BCUT2D eigenvalue weighted by Gasteiger charge is 2.13. The molecule has 146 valence electrons. The number of carbonyl (C=O) groups is 1. The molecule has 4 aromatic rings. The Kier molecular flexibility index (Phi) is 5.23. The van der Waals surface area contributed by atoms with Crippen molar-refractivity contribution >= 4 is 11.7 Å². The normalized spacial score (nSPS) is 10.7. The third kappa shape index (κ3) is 4.43. The predicted octanol–water partition coefficient (Wildman–Crippen LogP) is 1.86. The van der Waals surface area contributed by atoms with Crippen LogP contribution in [-0.2, 0) is 0 Å². The van der Waals surface area contributed by atoms with Gasteiger partial charge in [-0.1, -0.05) is 5.16 Å². The fourth-order valence-electron chi connectivity index (χ4n) is 2.65. The van der Waals surface area contributed by atoms with Crippen LogP contribution >= 0.6 is 0 Å². The molecule has 2 N–H and O–H groups in total. The van der Waals surface area contributed by atoms with Crippen LogP contribution in [0.4, 0.5) is 5.82 Å². The summed E-state index contributed by atoms with van der Waals surface area (Å²) < 4.78 is 6.88. The van der Waals surface area contributed by atoms with E-state index in [2.05, 4.69) is 35.8 Å². The lowest BCUT2D eigenvalue weighted by Crippen LogP contribution is -2.29. The Labute approximate surface area is 166 Å². The van der Waals surface area contributed by atoms with E-state index in [0.717, 1.165) is 5.56 Å². The van der Waals surface area contributed by atoms with E-state index in [9.17, 15) is 4.79 Å².